The van der Waals surface area contributed by atoms with Crippen molar-refractivity contribution in [3.63, 3.8) is 0 Å². The highest BCUT2D eigenvalue weighted by molar-refractivity contribution is 5.85. The summed E-state index contributed by atoms with van der Waals surface area (Å²) < 4.78 is 18.5. The molecule has 0 aliphatic carbocycles. The summed E-state index contributed by atoms with van der Waals surface area (Å²) in [7, 11) is 1.94. The molecule has 0 amide bonds. The molecule has 0 saturated carbocycles. The van der Waals surface area contributed by atoms with Gasteiger partial charge in [0.05, 0.1) is 6.61 Å². The minimum absolute atomic E-state index is 0.379. The molecule has 0 fully saturated rings. The topological polar surface area (TPSA) is 49.8 Å². The number of hydrogen-bond acceptors (Lipinski definition) is 3. The van der Waals surface area contributed by atoms with Crippen LogP contribution < -0.4 is 0 Å². The van der Waals surface area contributed by atoms with Gasteiger partial charge in [0.15, 0.2) is 0 Å². The lowest BCUT2D eigenvalue weighted by Crippen LogP contribution is -2.23. The summed E-state index contributed by atoms with van der Waals surface area (Å²) in [5, 5.41) is 8.65. The van der Waals surface area contributed by atoms with Crippen LogP contribution in [0.15, 0.2) is 24.3 Å². The Balaban J connectivity index is 2.75. The van der Waals surface area contributed by atoms with Crippen molar-refractivity contribution in [1.29, 1.82) is 0 Å². The molecule has 0 atom stereocenters. The van der Waals surface area contributed by atoms with Gasteiger partial charge in [0.2, 0.25) is 0 Å². The molecule has 0 unspecified atom stereocenters. The summed E-state index contributed by atoms with van der Waals surface area (Å²) in [5.41, 5.74) is 1.46. The van der Waals surface area contributed by atoms with Crippen LogP contribution >= 0.6 is 0 Å². The van der Waals surface area contributed by atoms with E-state index < -0.39 is 5.97 Å². The number of ether oxygens (including phenoxy) is 1. The Morgan fingerprint density at radius 1 is 1.50 bits per heavy atom. The Morgan fingerprint density at radius 3 is 2.90 bits per heavy atom. The second kappa shape index (κ2) is 8.45. The van der Waals surface area contributed by atoms with Crippen LogP contribution in [0.4, 0.5) is 4.39 Å². The fraction of sp³-hybridized carbons (Fsp3) is 0.400. The highest BCUT2D eigenvalue weighted by atomic mass is 19.1. The third-order valence-corrected chi connectivity index (χ3v) is 2.78. The fourth-order valence-electron chi connectivity index (χ4n) is 1.76. The van der Waals surface area contributed by atoms with Gasteiger partial charge in [0.1, 0.15) is 5.82 Å². The van der Waals surface area contributed by atoms with Gasteiger partial charge in [0, 0.05) is 25.8 Å². The number of halogens is 1. The molecule has 5 heteroatoms. The Morgan fingerprint density at radius 2 is 2.25 bits per heavy atom. The van der Waals surface area contributed by atoms with Gasteiger partial charge in [-0.1, -0.05) is 6.07 Å². The van der Waals surface area contributed by atoms with E-state index in [1.54, 1.807) is 6.07 Å². The third-order valence-electron chi connectivity index (χ3n) is 2.78. The van der Waals surface area contributed by atoms with E-state index in [2.05, 4.69) is 0 Å². The lowest BCUT2D eigenvalue weighted by Gasteiger charge is -2.18. The van der Waals surface area contributed by atoms with Gasteiger partial charge < -0.3 is 9.84 Å². The standard InChI is InChI=1S/C15H20FNO3/c1-3-20-9-8-17(2)11-13-4-6-14(16)10-12(13)5-7-15(18)19/h4-7,10H,3,8-9,11H2,1-2H3,(H,18,19)/b7-5+. The van der Waals surface area contributed by atoms with Crippen molar-refractivity contribution in [2.24, 2.45) is 0 Å². The van der Waals surface area contributed by atoms with E-state index in [1.165, 1.54) is 18.2 Å². The van der Waals surface area contributed by atoms with Crippen molar-refractivity contribution in [2.75, 3.05) is 26.8 Å². The molecular weight excluding hydrogens is 261 g/mol. The predicted molar refractivity (Wildman–Crippen MR) is 75.9 cm³/mol. The monoisotopic (exact) mass is 281 g/mol. The minimum atomic E-state index is -1.05. The smallest absolute Gasteiger partial charge is 0.328 e. The molecule has 1 aromatic rings. The van der Waals surface area contributed by atoms with Gasteiger partial charge in [-0.2, -0.15) is 0 Å². The summed E-state index contributed by atoms with van der Waals surface area (Å²) in [6, 6.07) is 4.39. The first-order chi connectivity index (χ1) is 9.52. The molecule has 0 saturated heterocycles. The molecule has 1 aromatic carbocycles. The maximum absolute atomic E-state index is 13.2. The normalized spacial score (nSPS) is 11.4. The molecule has 0 radical (unpaired) electrons. The van der Waals surface area contributed by atoms with E-state index in [9.17, 15) is 9.18 Å². The fourth-order valence-corrected chi connectivity index (χ4v) is 1.76. The van der Waals surface area contributed by atoms with Gasteiger partial charge >= 0.3 is 5.97 Å². The largest absolute Gasteiger partial charge is 0.478 e. The molecule has 1 rings (SSSR count). The SMILES string of the molecule is CCOCCN(C)Cc1ccc(F)cc1/C=C/C(=O)O. The first-order valence-electron chi connectivity index (χ1n) is 6.48. The molecule has 20 heavy (non-hydrogen) atoms. The first-order valence-corrected chi connectivity index (χ1v) is 6.48. The Hall–Kier alpha value is -1.72. The molecule has 110 valence electrons. The number of likely N-dealkylation sites (N-methyl/N-ethyl adjacent to an activating group) is 1. The highest BCUT2D eigenvalue weighted by Gasteiger charge is 2.06. The quantitative estimate of drug-likeness (QED) is 0.587. The van der Waals surface area contributed by atoms with E-state index in [4.69, 9.17) is 9.84 Å². The van der Waals surface area contributed by atoms with Crippen molar-refractivity contribution in [3.8, 4) is 0 Å². The van der Waals surface area contributed by atoms with E-state index in [-0.39, 0.29) is 5.82 Å². The Labute approximate surface area is 118 Å². The van der Waals surface area contributed by atoms with Crippen molar-refractivity contribution in [1.82, 2.24) is 4.90 Å². The molecule has 1 N–H and O–H groups in total. The zero-order valence-corrected chi connectivity index (χ0v) is 11.8. The first kappa shape index (κ1) is 16.3. The van der Waals surface area contributed by atoms with E-state index >= 15 is 0 Å². The summed E-state index contributed by atoms with van der Waals surface area (Å²) in [6.07, 6.45) is 2.43. The number of carbonyl (C=O) groups is 1. The van der Waals surface area contributed by atoms with Crippen LogP contribution in [0.1, 0.15) is 18.1 Å². The third kappa shape index (κ3) is 5.95. The van der Waals surface area contributed by atoms with Gasteiger partial charge in [0.25, 0.3) is 0 Å². The van der Waals surface area contributed by atoms with Crippen LogP contribution in [0.25, 0.3) is 6.08 Å². The lowest BCUT2D eigenvalue weighted by molar-refractivity contribution is -0.131. The summed E-state index contributed by atoms with van der Waals surface area (Å²) in [6.45, 7) is 4.61. The number of rotatable bonds is 8. The highest BCUT2D eigenvalue weighted by Crippen LogP contribution is 2.15. The van der Waals surface area contributed by atoms with Crippen LogP contribution in [0, 0.1) is 5.82 Å². The zero-order chi connectivity index (χ0) is 15.0. The molecule has 0 aliphatic rings. The summed E-state index contributed by atoms with van der Waals surface area (Å²) in [4.78, 5) is 12.6. The van der Waals surface area contributed by atoms with Crippen molar-refractivity contribution in [3.05, 3.63) is 41.2 Å². The maximum Gasteiger partial charge on any atom is 0.328 e. The van der Waals surface area contributed by atoms with Gasteiger partial charge in [-0.3, -0.25) is 4.90 Å². The number of carboxylic acid groups (broad SMARTS) is 1. The summed E-state index contributed by atoms with van der Waals surface area (Å²) >= 11 is 0. The van der Waals surface area contributed by atoms with Gasteiger partial charge in [-0.05, 0) is 43.3 Å². The van der Waals surface area contributed by atoms with Crippen LogP contribution in [-0.2, 0) is 16.1 Å². The molecule has 4 nitrogen and oxygen atoms in total. The van der Waals surface area contributed by atoms with Crippen molar-refractivity contribution >= 4 is 12.0 Å². The Kier molecular flexibility index (Phi) is 6.90. The molecular formula is C15H20FNO3. The van der Waals surface area contributed by atoms with Crippen LogP contribution in [0.5, 0.6) is 0 Å². The lowest BCUT2D eigenvalue weighted by atomic mass is 10.1. The number of nitrogens with zero attached hydrogens (tertiary/aromatic N) is 1. The molecule has 0 spiro atoms. The number of hydrogen-bond donors (Lipinski definition) is 1. The second-order valence-corrected chi connectivity index (χ2v) is 4.45. The predicted octanol–water partition coefficient (Wildman–Crippen LogP) is 2.39. The Bertz CT molecular complexity index is 474. The molecule has 0 aliphatic heterocycles. The maximum atomic E-state index is 13.2. The van der Waals surface area contributed by atoms with E-state index in [0.717, 1.165) is 18.2 Å². The second-order valence-electron chi connectivity index (χ2n) is 4.45. The number of benzene rings is 1. The van der Waals surface area contributed by atoms with Gasteiger partial charge in [-0.25, -0.2) is 9.18 Å². The summed E-state index contributed by atoms with van der Waals surface area (Å²) in [5.74, 6) is -1.43. The molecule has 0 bridgehead atoms. The average molecular weight is 281 g/mol. The number of carboxylic acids is 1. The zero-order valence-electron chi connectivity index (χ0n) is 11.8. The number of aliphatic carboxylic acids is 1. The van der Waals surface area contributed by atoms with E-state index in [1.807, 2.05) is 18.9 Å². The van der Waals surface area contributed by atoms with Crippen molar-refractivity contribution < 1.29 is 19.0 Å². The van der Waals surface area contributed by atoms with Crippen molar-refractivity contribution in [2.45, 2.75) is 13.5 Å². The van der Waals surface area contributed by atoms with Crippen LogP contribution in [0.2, 0.25) is 0 Å². The van der Waals surface area contributed by atoms with Crippen LogP contribution in [-0.4, -0.2) is 42.8 Å². The average Bonchev–Trinajstić information content (AvgIpc) is 2.39. The molecule has 0 aromatic heterocycles. The van der Waals surface area contributed by atoms with Gasteiger partial charge in [-0.15, -0.1) is 0 Å². The van der Waals surface area contributed by atoms with E-state index in [0.29, 0.717) is 25.3 Å². The minimum Gasteiger partial charge on any atom is -0.478 e. The molecule has 0 heterocycles. The van der Waals surface area contributed by atoms with Crippen LogP contribution in [0.3, 0.4) is 0 Å².